The molecule has 0 bridgehead atoms. The number of alkyl halides is 3. The summed E-state index contributed by atoms with van der Waals surface area (Å²) in [4.78, 5) is 33.3. The molecular formula is C22H32ClF3N6O2. The lowest BCUT2D eigenvalue weighted by molar-refractivity contribution is -0.136. The molecule has 190 valence electrons. The molecule has 1 aliphatic carbocycles. The number of nitrogens with zero attached hydrogens (tertiary/aromatic N) is 5. The van der Waals surface area contributed by atoms with Gasteiger partial charge in [-0.25, -0.2) is 4.79 Å². The zero-order valence-electron chi connectivity index (χ0n) is 19.3. The molecule has 3 fully saturated rings. The molecule has 2 atom stereocenters. The topological polar surface area (TPSA) is 77.1 Å². The first-order valence-corrected chi connectivity index (χ1v) is 12.0. The van der Waals surface area contributed by atoms with Crippen molar-refractivity contribution in [2.45, 2.75) is 70.3 Å². The Kier molecular flexibility index (Phi) is 7.06. The van der Waals surface area contributed by atoms with Crippen molar-refractivity contribution in [2.24, 2.45) is 18.9 Å². The maximum Gasteiger partial charge on any atom is 0.390 e. The molecule has 0 aromatic carbocycles. The standard InChI is InChI=1S/C22H31F3N6O2.ClH/c1-28-18-17(19(32)31(21(28)33)13-14-5-3-2-4-6-14)30(10-8-22(23,24)25)20(27-18)29-9-7-15-11-26-12-16(15)29;/h14-16,26H,2-13H2,1H3;1H. The fourth-order valence-electron chi connectivity index (χ4n) is 5.92. The van der Waals surface area contributed by atoms with Crippen LogP contribution in [0.3, 0.4) is 0 Å². The minimum atomic E-state index is -4.36. The molecule has 8 nitrogen and oxygen atoms in total. The molecule has 2 unspecified atom stereocenters. The molecule has 1 saturated carbocycles. The van der Waals surface area contributed by atoms with Crippen molar-refractivity contribution >= 4 is 29.5 Å². The SMILES string of the molecule is Cl.Cn1c(=O)n(CC2CCCCC2)c(=O)c2c1nc(N1CCC3CNCC31)n2CCC(F)(F)F. The van der Waals surface area contributed by atoms with E-state index in [4.69, 9.17) is 0 Å². The summed E-state index contributed by atoms with van der Waals surface area (Å²) in [6.45, 7) is 2.19. The Bertz CT molecular complexity index is 1150. The van der Waals surface area contributed by atoms with Gasteiger partial charge >= 0.3 is 11.9 Å². The first-order valence-electron chi connectivity index (χ1n) is 12.0. The number of aryl methyl sites for hydroxylation is 2. The highest BCUT2D eigenvalue weighted by Crippen LogP contribution is 2.34. The third-order valence-electron chi connectivity index (χ3n) is 7.70. The average Bonchev–Trinajstić information content (AvgIpc) is 3.48. The monoisotopic (exact) mass is 504 g/mol. The minimum Gasteiger partial charge on any atom is -0.338 e. The van der Waals surface area contributed by atoms with Gasteiger partial charge in [0.1, 0.15) is 0 Å². The molecule has 2 aliphatic heterocycles. The minimum absolute atomic E-state index is 0. The molecule has 34 heavy (non-hydrogen) atoms. The molecule has 0 spiro atoms. The summed E-state index contributed by atoms with van der Waals surface area (Å²) < 4.78 is 43.6. The summed E-state index contributed by atoms with van der Waals surface area (Å²) >= 11 is 0. The van der Waals surface area contributed by atoms with Crippen LogP contribution in [0.15, 0.2) is 9.59 Å². The second kappa shape index (κ2) is 9.56. The summed E-state index contributed by atoms with van der Waals surface area (Å²) in [5, 5.41) is 3.34. The van der Waals surface area contributed by atoms with E-state index in [2.05, 4.69) is 10.3 Å². The van der Waals surface area contributed by atoms with E-state index in [-0.39, 0.29) is 35.5 Å². The lowest BCUT2D eigenvalue weighted by Gasteiger charge is -2.25. The molecule has 4 heterocycles. The quantitative estimate of drug-likeness (QED) is 0.677. The number of hydrogen-bond acceptors (Lipinski definition) is 5. The number of nitrogens with one attached hydrogen (secondary N) is 1. The summed E-state index contributed by atoms with van der Waals surface area (Å²) in [6.07, 6.45) is 0.705. The molecule has 2 saturated heterocycles. The molecular weight excluding hydrogens is 473 g/mol. The highest BCUT2D eigenvalue weighted by Gasteiger charge is 2.40. The molecule has 2 aromatic heterocycles. The average molecular weight is 505 g/mol. The van der Waals surface area contributed by atoms with Gasteiger partial charge in [0, 0.05) is 45.8 Å². The molecule has 5 rings (SSSR count). The van der Waals surface area contributed by atoms with Crippen molar-refractivity contribution in [1.29, 1.82) is 0 Å². The zero-order chi connectivity index (χ0) is 23.3. The van der Waals surface area contributed by atoms with Gasteiger partial charge in [0.2, 0.25) is 5.95 Å². The van der Waals surface area contributed by atoms with Crippen molar-refractivity contribution in [3.63, 3.8) is 0 Å². The molecule has 0 amide bonds. The fourth-order valence-corrected chi connectivity index (χ4v) is 5.92. The van der Waals surface area contributed by atoms with Crippen LogP contribution in [0.2, 0.25) is 0 Å². The van der Waals surface area contributed by atoms with Crippen LogP contribution in [0.1, 0.15) is 44.9 Å². The predicted octanol–water partition coefficient (Wildman–Crippen LogP) is 2.65. The summed E-state index contributed by atoms with van der Waals surface area (Å²) in [7, 11) is 1.55. The van der Waals surface area contributed by atoms with Gasteiger partial charge < -0.3 is 14.8 Å². The number of rotatable bonds is 5. The van der Waals surface area contributed by atoms with Crippen molar-refractivity contribution in [1.82, 2.24) is 24.0 Å². The highest BCUT2D eigenvalue weighted by atomic mass is 35.5. The lowest BCUT2D eigenvalue weighted by atomic mass is 9.89. The van der Waals surface area contributed by atoms with Gasteiger partial charge in [-0.15, -0.1) is 12.4 Å². The van der Waals surface area contributed by atoms with Gasteiger partial charge in [-0.1, -0.05) is 19.3 Å². The van der Waals surface area contributed by atoms with E-state index in [1.807, 2.05) is 4.90 Å². The molecule has 3 aliphatic rings. The molecule has 12 heteroatoms. The van der Waals surface area contributed by atoms with E-state index in [1.165, 1.54) is 13.7 Å². The van der Waals surface area contributed by atoms with Crippen LogP contribution in [-0.2, 0) is 20.1 Å². The Morgan fingerprint density at radius 3 is 2.50 bits per heavy atom. The third-order valence-corrected chi connectivity index (χ3v) is 7.70. The van der Waals surface area contributed by atoms with Crippen molar-refractivity contribution in [3.05, 3.63) is 20.8 Å². The van der Waals surface area contributed by atoms with Gasteiger partial charge in [0.25, 0.3) is 5.56 Å². The van der Waals surface area contributed by atoms with Crippen LogP contribution in [0.4, 0.5) is 19.1 Å². The summed E-state index contributed by atoms with van der Waals surface area (Å²) in [5.41, 5.74) is -0.718. The van der Waals surface area contributed by atoms with Crippen LogP contribution in [0.5, 0.6) is 0 Å². The van der Waals surface area contributed by atoms with Crippen LogP contribution in [0.25, 0.3) is 11.2 Å². The smallest absolute Gasteiger partial charge is 0.338 e. The zero-order valence-corrected chi connectivity index (χ0v) is 20.1. The first-order chi connectivity index (χ1) is 15.7. The number of aromatic nitrogens is 4. The summed E-state index contributed by atoms with van der Waals surface area (Å²) in [6, 6.07) is 0.132. The van der Waals surface area contributed by atoms with E-state index in [9.17, 15) is 22.8 Å². The first kappa shape index (κ1) is 25.1. The van der Waals surface area contributed by atoms with Crippen molar-refractivity contribution < 1.29 is 13.2 Å². The highest BCUT2D eigenvalue weighted by molar-refractivity contribution is 5.85. The largest absolute Gasteiger partial charge is 0.390 e. The van der Waals surface area contributed by atoms with E-state index in [0.29, 0.717) is 25.0 Å². The van der Waals surface area contributed by atoms with Crippen LogP contribution in [-0.4, -0.2) is 50.5 Å². The van der Waals surface area contributed by atoms with Crippen LogP contribution < -0.4 is 21.5 Å². The maximum atomic E-state index is 13.6. The Balaban J connectivity index is 0.00000274. The predicted molar refractivity (Wildman–Crippen MR) is 126 cm³/mol. The van der Waals surface area contributed by atoms with Gasteiger partial charge in [0.05, 0.1) is 6.42 Å². The van der Waals surface area contributed by atoms with E-state index in [0.717, 1.165) is 51.6 Å². The fraction of sp³-hybridized carbons (Fsp3) is 0.773. The number of fused-ring (bicyclic) bond motifs is 2. The van der Waals surface area contributed by atoms with E-state index in [1.54, 1.807) is 7.05 Å². The normalized spacial score (nSPS) is 23.5. The Morgan fingerprint density at radius 2 is 1.79 bits per heavy atom. The van der Waals surface area contributed by atoms with E-state index >= 15 is 0 Å². The number of imidazole rings is 1. The molecule has 1 N–H and O–H groups in total. The van der Waals surface area contributed by atoms with Gasteiger partial charge in [-0.05, 0) is 31.1 Å². The van der Waals surface area contributed by atoms with Gasteiger partial charge in [0.15, 0.2) is 11.2 Å². The number of halogens is 4. The summed E-state index contributed by atoms with van der Waals surface area (Å²) in [5.74, 6) is 1.01. The Hall–Kier alpha value is -2.01. The van der Waals surface area contributed by atoms with Crippen LogP contribution in [0, 0.1) is 11.8 Å². The second-order valence-electron chi connectivity index (χ2n) is 9.83. The second-order valence-corrected chi connectivity index (χ2v) is 9.83. The Labute approximate surface area is 201 Å². The van der Waals surface area contributed by atoms with Crippen molar-refractivity contribution in [2.75, 3.05) is 24.5 Å². The van der Waals surface area contributed by atoms with Gasteiger partial charge in [-0.2, -0.15) is 18.2 Å². The molecule has 2 aromatic rings. The van der Waals surface area contributed by atoms with Gasteiger partial charge in [-0.3, -0.25) is 13.9 Å². The third kappa shape index (κ3) is 4.48. The van der Waals surface area contributed by atoms with E-state index < -0.39 is 30.4 Å². The number of anilines is 1. The van der Waals surface area contributed by atoms with Crippen molar-refractivity contribution in [3.8, 4) is 0 Å². The Morgan fingerprint density at radius 1 is 1.06 bits per heavy atom. The number of hydrogen-bond donors (Lipinski definition) is 1. The maximum absolute atomic E-state index is 13.6. The molecule has 0 radical (unpaired) electrons. The lowest BCUT2D eigenvalue weighted by Crippen LogP contribution is -2.41. The van der Waals surface area contributed by atoms with Crippen LogP contribution >= 0.6 is 12.4 Å².